The van der Waals surface area contributed by atoms with Crippen molar-refractivity contribution in [1.29, 1.82) is 0 Å². The van der Waals surface area contributed by atoms with E-state index in [0.717, 1.165) is 36.1 Å². The van der Waals surface area contributed by atoms with Crippen LogP contribution >= 0.6 is 15.9 Å². The van der Waals surface area contributed by atoms with E-state index in [4.69, 9.17) is 5.73 Å². The number of carbonyl (C=O) groups is 1. The zero-order chi connectivity index (χ0) is 16.4. The minimum atomic E-state index is 0.00173. The van der Waals surface area contributed by atoms with Gasteiger partial charge in [0.15, 0.2) is 5.69 Å². The highest BCUT2D eigenvalue weighted by Crippen LogP contribution is 2.21. The first kappa shape index (κ1) is 16.2. The van der Waals surface area contributed by atoms with E-state index in [1.807, 2.05) is 42.3 Å². The van der Waals surface area contributed by atoms with Crippen molar-refractivity contribution in [2.75, 3.05) is 13.1 Å². The van der Waals surface area contributed by atoms with Gasteiger partial charge in [-0.1, -0.05) is 22.0 Å². The van der Waals surface area contributed by atoms with Crippen LogP contribution in [0.2, 0.25) is 0 Å². The molecule has 1 aliphatic heterocycles. The fraction of sp³-hybridized carbons (Fsp3) is 0.412. The number of nitrogens with zero attached hydrogens (tertiary/aromatic N) is 3. The van der Waals surface area contributed by atoms with Gasteiger partial charge in [0.05, 0.1) is 5.69 Å². The van der Waals surface area contributed by atoms with Crippen molar-refractivity contribution in [3.05, 3.63) is 46.7 Å². The van der Waals surface area contributed by atoms with Gasteiger partial charge < -0.3 is 10.6 Å². The van der Waals surface area contributed by atoms with Gasteiger partial charge in [0, 0.05) is 29.8 Å². The maximum absolute atomic E-state index is 12.6. The molecular formula is C17H21BrN4O. The van der Waals surface area contributed by atoms with Crippen LogP contribution in [-0.4, -0.2) is 39.7 Å². The summed E-state index contributed by atoms with van der Waals surface area (Å²) in [4.78, 5) is 14.5. The van der Waals surface area contributed by atoms with E-state index >= 15 is 0 Å². The Morgan fingerprint density at radius 2 is 2.09 bits per heavy atom. The fourth-order valence-electron chi connectivity index (χ4n) is 2.99. The molecule has 0 bridgehead atoms. The van der Waals surface area contributed by atoms with E-state index in [1.165, 1.54) is 0 Å². The third kappa shape index (κ3) is 3.64. The fourth-order valence-corrected chi connectivity index (χ4v) is 3.38. The molecule has 0 spiro atoms. The number of hydrogen-bond acceptors (Lipinski definition) is 3. The van der Waals surface area contributed by atoms with Crippen molar-refractivity contribution < 1.29 is 4.79 Å². The van der Waals surface area contributed by atoms with Gasteiger partial charge in [0.2, 0.25) is 0 Å². The normalized spacial score (nSPS) is 17.3. The number of benzene rings is 1. The summed E-state index contributed by atoms with van der Waals surface area (Å²) in [5.41, 5.74) is 7.37. The Bertz CT molecular complexity index is 689. The van der Waals surface area contributed by atoms with E-state index in [-0.39, 0.29) is 11.9 Å². The number of aromatic nitrogens is 2. The van der Waals surface area contributed by atoms with Gasteiger partial charge in [-0.15, -0.1) is 0 Å². The van der Waals surface area contributed by atoms with Gasteiger partial charge in [-0.05, 0) is 49.9 Å². The molecule has 1 aliphatic rings. The summed E-state index contributed by atoms with van der Waals surface area (Å²) in [6, 6.07) is 9.81. The molecular weight excluding hydrogens is 356 g/mol. The monoisotopic (exact) mass is 376 g/mol. The van der Waals surface area contributed by atoms with Crippen LogP contribution in [0.1, 0.15) is 30.3 Å². The number of amides is 1. The van der Waals surface area contributed by atoms with Gasteiger partial charge in [-0.25, -0.2) is 4.68 Å². The van der Waals surface area contributed by atoms with Crippen LogP contribution in [0.25, 0.3) is 5.69 Å². The molecule has 1 amide bonds. The molecule has 1 fully saturated rings. The topological polar surface area (TPSA) is 64.2 Å². The largest absolute Gasteiger partial charge is 0.337 e. The SMILES string of the molecule is CC(N)C1CCN(C(=O)c2ccn(-c3cccc(Br)c3)n2)CC1. The summed E-state index contributed by atoms with van der Waals surface area (Å²) in [7, 11) is 0. The van der Waals surface area contributed by atoms with E-state index in [9.17, 15) is 4.79 Å². The summed E-state index contributed by atoms with van der Waals surface area (Å²) in [6.07, 6.45) is 3.76. The summed E-state index contributed by atoms with van der Waals surface area (Å²) in [6.45, 7) is 3.56. The number of hydrogen-bond donors (Lipinski definition) is 1. The van der Waals surface area contributed by atoms with Crippen LogP contribution in [-0.2, 0) is 0 Å². The maximum atomic E-state index is 12.6. The highest BCUT2D eigenvalue weighted by molar-refractivity contribution is 9.10. The maximum Gasteiger partial charge on any atom is 0.274 e. The van der Waals surface area contributed by atoms with Crippen LogP contribution in [0.3, 0.4) is 0 Å². The third-order valence-corrected chi connectivity index (χ3v) is 4.94. The molecule has 6 heteroatoms. The van der Waals surface area contributed by atoms with E-state index in [0.29, 0.717) is 11.6 Å². The number of nitrogens with two attached hydrogens (primary N) is 1. The molecule has 1 saturated heterocycles. The Hall–Kier alpha value is -1.66. The van der Waals surface area contributed by atoms with Crippen molar-refractivity contribution in [3.63, 3.8) is 0 Å². The molecule has 0 saturated carbocycles. The van der Waals surface area contributed by atoms with E-state index in [1.54, 1.807) is 10.7 Å². The Morgan fingerprint density at radius 1 is 1.35 bits per heavy atom. The molecule has 0 aliphatic carbocycles. The minimum absolute atomic E-state index is 0.00173. The van der Waals surface area contributed by atoms with Crippen molar-refractivity contribution >= 4 is 21.8 Å². The van der Waals surface area contributed by atoms with E-state index < -0.39 is 0 Å². The van der Waals surface area contributed by atoms with Crippen LogP contribution in [0.15, 0.2) is 41.0 Å². The van der Waals surface area contributed by atoms with E-state index in [2.05, 4.69) is 21.0 Å². The molecule has 23 heavy (non-hydrogen) atoms. The molecule has 2 aromatic rings. The standard InChI is InChI=1S/C17H21BrN4O/c1-12(19)13-5-8-21(9-6-13)17(23)16-7-10-22(20-16)15-4-2-3-14(18)11-15/h2-4,7,10-13H,5-6,8-9,19H2,1H3. The zero-order valence-corrected chi connectivity index (χ0v) is 14.7. The highest BCUT2D eigenvalue weighted by atomic mass is 79.9. The van der Waals surface area contributed by atoms with Crippen LogP contribution in [0, 0.1) is 5.92 Å². The Labute approximate surface area is 144 Å². The molecule has 5 nitrogen and oxygen atoms in total. The third-order valence-electron chi connectivity index (χ3n) is 4.45. The number of carbonyl (C=O) groups excluding carboxylic acids is 1. The van der Waals surface area contributed by atoms with Gasteiger partial charge in [0.25, 0.3) is 5.91 Å². The average Bonchev–Trinajstić information content (AvgIpc) is 3.04. The molecule has 1 unspecified atom stereocenters. The number of halogens is 1. The lowest BCUT2D eigenvalue weighted by Gasteiger charge is -2.33. The van der Waals surface area contributed by atoms with Crippen molar-refractivity contribution in [2.24, 2.45) is 11.7 Å². The quantitative estimate of drug-likeness (QED) is 0.895. The molecule has 0 radical (unpaired) electrons. The van der Waals surface area contributed by atoms with Crippen molar-refractivity contribution in [1.82, 2.24) is 14.7 Å². The Balaban J connectivity index is 1.70. The van der Waals surface area contributed by atoms with Gasteiger partial charge in [0.1, 0.15) is 0 Å². The second-order valence-electron chi connectivity index (χ2n) is 6.11. The second kappa shape index (κ2) is 6.84. The molecule has 1 aromatic heterocycles. The minimum Gasteiger partial charge on any atom is -0.337 e. The number of piperidine rings is 1. The molecule has 122 valence electrons. The number of rotatable bonds is 3. The second-order valence-corrected chi connectivity index (χ2v) is 7.03. The first-order chi connectivity index (χ1) is 11.0. The lowest BCUT2D eigenvalue weighted by molar-refractivity contribution is 0.0674. The smallest absolute Gasteiger partial charge is 0.274 e. The molecule has 1 aromatic carbocycles. The zero-order valence-electron chi connectivity index (χ0n) is 13.2. The number of likely N-dealkylation sites (tertiary alicyclic amines) is 1. The average molecular weight is 377 g/mol. The van der Waals surface area contributed by atoms with Crippen molar-refractivity contribution in [3.8, 4) is 5.69 Å². The van der Waals surface area contributed by atoms with Crippen LogP contribution in [0.4, 0.5) is 0 Å². The molecule has 1 atom stereocenters. The van der Waals surface area contributed by atoms with Gasteiger partial charge in [-0.3, -0.25) is 4.79 Å². The van der Waals surface area contributed by atoms with Crippen molar-refractivity contribution in [2.45, 2.75) is 25.8 Å². The van der Waals surface area contributed by atoms with Gasteiger partial charge >= 0.3 is 0 Å². The Kier molecular flexibility index (Phi) is 4.82. The summed E-state index contributed by atoms with van der Waals surface area (Å²) < 4.78 is 2.71. The summed E-state index contributed by atoms with van der Waals surface area (Å²) in [5, 5.41) is 4.43. The van der Waals surface area contributed by atoms with Crippen LogP contribution < -0.4 is 5.73 Å². The summed E-state index contributed by atoms with van der Waals surface area (Å²) >= 11 is 3.45. The van der Waals surface area contributed by atoms with Gasteiger partial charge in [-0.2, -0.15) is 5.10 Å². The highest BCUT2D eigenvalue weighted by Gasteiger charge is 2.26. The molecule has 2 N–H and O–H groups in total. The van der Waals surface area contributed by atoms with Crippen LogP contribution in [0.5, 0.6) is 0 Å². The molecule has 3 rings (SSSR count). The first-order valence-corrected chi connectivity index (χ1v) is 8.70. The predicted octanol–water partition coefficient (Wildman–Crippen LogP) is 2.83. The lowest BCUT2D eigenvalue weighted by atomic mass is 9.91. The Morgan fingerprint density at radius 3 is 2.74 bits per heavy atom. The first-order valence-electron chi connectivity index (χ1n) is 7.91. The molecule has 2 heterocycles. The summed E-state index contributed by atoms with van der Waals surface area (Å²) in [5.74, 6) is 0.514. The predicted molar refractivity (Wildman–Crippen MR) is 93.5 cm³/mol. The lowest BCUT2D eigenvalue weighted by Crippen LogP contribution is -2.42.